The van der Waals surface area contributed by atoms with E-state index < -0.39 is 23.7 Å². The van der Waals surface area contributed by atoms with Crippen LogP contribution in [0.2, 0.25) is 0 Å². The van der Waals surface area contributed by atoms with Crippen molar-refractivity contribution in [3.63, 3.8) is 0 Å². The lowest BCUT2D eigenvalue weighted by Gasteiger charge is -2.36. The van der Waals surface area contributed by atoms with Crippen molar-refractivity contribution >= 4 is 29.5 Å². The molecule has 1 spiro atoms. The summed E-state index contributed by atoms with van der Waals surface area (Å²) < 4.78 is 43.9. The topological polar surface area (TPSA) is 129 Å². The Balaban J connectivity index is 0.877. The second kappa shape index (κ2) is 14.0. The number of rotatable bonds is 7. The summed E-state index contributed by atoms with van der Waals surface area (Å²) >= 11 is 0. The van der Waals surface area contributed by atoms with E-state index in [9.17, 15) is 14.4 Å². The summed E-state index contributed by atoms with van der Waals surface area (Å²) in [4.78, 5) is 56.3. The number of nitrogens with zero attached hydrogens (tertiary/aromatic N) is 4. The first kappa shape index (κ1) is 39.5. The van der Waals surface area contributed by atoms with Gasteiger partial charge in [0, 0.05) is 41.4 Å². The number of hydrogen-bond donors (Lipinski definition) is 2. The molecule has 4 aromatic rings. The molecule has 6 aliphatic rings. The molecule has 2 saturated heterocycles. The fourth-order valence-electron chi connectivity index (χ4n) is 10.7. The van der Waals surface area contributed by atoms with E-state index in [1.807, 2.05) is 68.7 Å². The highest BCUT2D eigenvalue weighted by atomic mass is 19.3. The van der Waals surface area contributed by atoms with Crippen molar-refractivity contribution in [2.45, 2.75) is 115 Å². The number of methoxy groups -OCH3 is 1. The third kappa shape index (κ3) is 6.69. The molecule has 13 heteroatoms. The van der Waals surface area contributed by atoms with Crippen LogP contribution in [0.3, 0.4) is 0 Å². The molecule has 3 aliphatic heterocycles. The number of piperidine rings is 1. The van der Waals surface area contributed by atoms with Gasteiger partial charge in [0.25, 0.3) is 5.92 Å². The average molecular weight is 831 g/mol. The van der Waals surface area contributed by atoms with Crippen LogP contribution in [0, 0.1) is 17.3 Å². The third-order valence-electron chi connectivity index (χ3n) is 13.9. The molecule has 318 valence electrons. The van der Waals surface area contributed by atoms with Crippen LogP contribution in [0.15, 0.2) is 65.8 Å². The van der Waals surface area contributed by atoms with E-state index in [0.717, 1.165) is 61.1 Å². The van der Waals surface area contributed by atoms with Crippen LogP contribution >= 0.6 is 0 Å². The second-order valence-electron chi connectivity index (χ2n) is 19.5. The van der Waals surface area contributed by atoms with Crippen molar-refractivity contribution < 1.29 is 32.6 Å². The van der Waals surface area contributed by atoms with E-state index in [1.54, 1.807) is 30.5 Å². The lowest BCUT2D eigenvalue weighted by Crippen LogP contribution is -2.51. The number of H-pyrrole nitrogens is 1. The predicted octanol–water partition coefficient (Wildman–Crippen LogP) is 9.71. The number of imidazole rings is 1. The van der Waals surface area contributed by atoms with Gasteiger partial charge in [0.15, 0.2) is 0 Å². The number of alkyl carbamates (subject to hydrolysis) is 1. The number of benzene rings is 3. The van der Waals surface area contributed by atoms with Gasteiger partial charge in [-0.05, 0) is 129 Å². The van der Waals surface area contributed by atoms with Crippen LogP contribution in [-0.4, -0.2) is 81.0 Å². The number of aliphatic imine (C=N–C) groups is 1. The SMILES string of the molecule is COC(=O)N[C@H](C(=O)N1CC2(CC2)C[C@H]1c1ncc(-c2ccc3c(c2)C(F)(F)c2cc(-c4ccc5c(c4)CC(C4C6CCC(C6)N4C(=O)OC(C)(C)C)=N5)ccc2-3)[nH]1)C(C)C. The number of alkyl halides is 2. The summed E-state index contributed by atoms with van der Waals surface area (Å²) in [6.07, 6.45) is 7.06. The van der Waals surface area contributed by atoms with Crippen molar-refractivity contribution in [1.29, 1.82) is 0 Å². The number of likely N-dealkylation sites (tertiary alicyclic amines) is 2. The van der Waals surface area contributed by atoms with Gasteiger partial charge in [-0.2, -0.15) is 8.78 Å². The Morgan fingerprint density at radius 1 is 0.951 bits per heavy atom. The number of nitrogens with one attached hydrogen (secondary N) is 2. The molecule has 1 aromatic heterocycles. The number of aromatic nitrogens is 2. The summed E-state index contributed by atoms with van der Waals surface area (Å²) in [5.74, 6) is -2.66. The van der Waals surface area contributed by atoms with E-state index in [1.165, 1.54) is 7.11 Å². The van der Waals surface area contributed by atoms with Crippen LogP contribution in [0.5, 0.6) is 0 Å². The number of amides is 3. The zero-order valence-corrected chi connectivity index (χ0v) is 35.5. The molecule has 3 aliphatic carbocycles. The zero-order valence-electron chi connectivity index (χ0n) is 35.5. The maximum absolute atomic E-state index is 16.6. The maximum Gasteiger partial charge on any atom is 0.411 e. The molecule has 4 fully saturated rings. The average Bonchev–Trinajstić information content (AvgIpc) is 3.87. The van der Waals surface area contributed by atoms with Crippen molar-refractivity contribution in [3.05, 3.63) is 83.3 Å². The van der Waals surface area contributed by atoms with Gasteiger partial charge in [0.1, 0.15) is 17.5 Å². The number of fused-ring (bicyclic) bond motifs is 6. The number of carbonyl (C=O) groups excluding carboxylic acids is 3. The summed E-state index contributed by atoms with van der Waals surface area (Å²) in [5.41, 5.74) is 5.85. The molecule has 3 unspecified atom stereocenters. The Labute approximate surface area is 354 Å². The molecular weight excluding hydrogens is 779 g/mol. The molecule has 2 saturated carbocycles. The van der Waals surface area contributed by atoms with Gasteiger partial charge in [-0.25, -0.2) is 14.6 Å². The van der Waals surface area contributed by atoms with Crippen molar-refractivity contribution in [3.8, 4) is 33.5 Å². The fraction of sp³-hybridized carbons (Fsp3) is 0.479. The number of hydrogen-bond acceptors (Lipinski definition) is 7. The zero-order chi connectivity index (χ0) is 42.7. The first-order valence-corrected chi connectivity index (χ1v) is 21.6. The Morgan fingerprint density at radius 3 is 2.33 bits per heavy atom. The van der Waals surface area contributed by atoms with Crippen molar-refractivity contribution in [1.82, 2.24) is 25.1 Å². The smallest absolute Gasteiger partial charge is 0.411 e. The first-order valence-electron chi connectivity index (χ1n) is 21.6. The van der Waals surface area contributed by atoms with E-state index in [0.29, 0.717) is 52.7 Å². The molecule has 0 radical (unpaired) electrons. The number of ether oxygens (including phenoxy) is 2. The summed E-state index contributed by atoms with van der Waals surface area (Å²) in [6.45, 7) is 9.99. The Kier molecular flexibility index (Phi) is 9.05. The normalized spacial score (nSPS) is 24.1. The number of aromatic amines is 1. The van der Waals surface area contributed by atoms with Crippen LogP contribution in [0.4, 0.5) is 24.1 Å². The highest BCUT2D eigenvalue weighted by Gasteiger charge is 2.56. The van der Waals surface area contributed by atoms with Gasteiger partial charge >= 0.3 is 12.2 Å². The Morgan fingerprint density at radius 2 is 1.64 bits per heavy atom. The van der Waals surface area contributed by atoms with E-state index in [4.69, 9.17) is 19.5 Å². The molecule has 5 atom stereocenters. The van der Waals surface area contributed by atoms with Crippen molar-refractivity contribution in [2.24, 2.45) is 22.2 Å². The van der Waals surface area contributed by atoms with Crippen LogP contribution in [0.25, 0.3) is 33.5 Å². The maximum atomic E-state index is 16.6. The predicted molar refractivity (Wildman–Crippen MR) is 227 cm³/mol. The molecule has 3 amide bonds. The van der Waals surface area contributed by atoms with E-state index in [2.05, 4.69) is 16.4 Å². The molecule has 11 nitrogen and oxygen atoms in total. The minimum atomic E-state index is -3.25. The van der Waals surface area contributed by atoms with Crippen LogP contribution < -0.4 is 5.32 Å². The van der Waals surface area contributed by atoms with E-state index >= 15 is 8.78 Å². The van der Waals surface area contributed by atoms with Gasteiger partial charge in [0.05, 0.1) is 36.8 Å². The molecule has 2 N–H and O–H groups in total. The molecule has 61 heavy (non-hydrogen) atoms. The first-order chi connectivity index (χ1) is 29.0. The quantitative estimate of drug-likeness (QED) is 0.191. The molecule has 4 heterocycles. The summed E-state index contributed by atoms with van der Waals surface area (Å²) in [7, 11) is 1.27. The Hall–Kier alpha value is -5.59. The summed E-state index contributed by atoms with van der Waals surface area (Å²) in [6, 6.07) is 15.4. The number of halogens is 2. The van der Waals surface area contributed by atoms with Gasteiger partial charge in [-0.3, -0.25) is 14.7 Å². The largest absolute Gasteiger partial charge is 0.453 e. The van der Waals surface area contributed by atoms with Gasteiger partial charge in [-0.1, -0.05) is 44.2 Å². The molecule has 2 bridgehead atoms. The lowest BCUT2D eigenvalue weighted by atomic mass is 9.91. The second-order valence-corrected chi connectivity index (χ2v) is 19.5. The number of carbonyl (C=O) groups is 3. The van der Waals surface area contributed by atoms with Gasteiger partial charge in [0.2, 0.25) is 5.91 Å². The molecule has 10 rings (SSSR count). The molecule has 3 aromatic carbocycles. The molecular formula is C48H52F2N6O5. The lowest BCUT2D eigenvalue weighted by molar-refractivity contribution is -0.135. The van der Waals surface area contributed by atoms with Gasteiger partial charge in [-0.15, -0.1) is 0 Å². The van der Waals surface area contributed by atoms with Crippen molar-refractivity contribution in [2.75, 3.05) is 13.7 Å². The monoisotopic (exact) mass is 830 g/mol. The highest BCUT2D eigenvalue weighted by Crippen LogP contribution is 2.59. The summed E-state index contributed by atoms with van der Waals surface area (Å²) in [5, 5.41) is 2.71. The third-order valence-corrected chi connectivity index (χ3v) is 13.9. The standard InChI is InChI=1S/C48H52F2N6O5/c1-25(2)40(54-44(58)60-6)43(57)55-24-47(15-16-47)22-39(55)42-51-23-38(53-42)28-9-13-33-32-12-8-27(19-34(32)48(49,50)35(33)20-28)26-10-14-36-30(17-26)21-37(52-36)41-29-7-11-31(18-29)56(41)45(59)61-46(3,4)5/h8-10,12-14,17,19-20,23,25,29,31,39-41H,7,11,15-16,18,21-22,24H2,1-6H3,(H,51,53)(H,54,58)/t29?,31?,39-,40-,41?/m0/s1. The van der Waals surface area contributed by atoms with Gasteiger partial charge < -0.3 is 24.7 Å². The minimum absolute atomic E-state index is 0.0250. The minimum Gasteiger partial charge on any atom is -0.453 e. The fourth-order valence-corrected chi connectivity index (χ4v) is 10.7. The van der Waals surface area contributed by atoms with E-state index in [-0.39, 0.29) is 52.6 Å². The van der Waals surface area contributed by atoms with Crippen LogP contribution in [-0.2, 0) is 26.6 Å². The van der Waals surface area contributed by atoms with Crippen LogP contribution in [0.1, 0.15) is 102 Å². The highest BCUT2D eigenvalue weighted by molar-refractivity contribution is 6.00. The Bertz CT molecular complexity index is 2520.